The first-order valence-corrected chi connectivity index (χ1v) is 7.54. The first-order chi connectivity index (χ1) is 8.70. The van der Waals surface area contributed by atoms with Crippen molar-refractivity contribution >= 4 is 11.6 Å². The Hall–Kier alpha value is -0.690. The minimum absolute atomic E-state index is 0.0716. The van der Waals surface area contributed by atoms with Crippen LogP contribution in [0, 0.1) is 11.3 Å². The van der Waals surface area contributed by atoms with Crippen molar-refractivity contribution < 1.29 is 4.74 Å². The molecule has 1 aromatic rings. The maximum Gasteiger partial charge on any atom is 0.119 e. The van der Waals surface area contributed by atoms with E-state index in [1.54, 1.807) is 0 Å². The van der Waals surface area contributed by atoms with Crippen molar-refractivity contribution in [3.63, 3.8) is 0 Å². The largest absolute Gasteiger partial charge is 0.491 e. The van der Waals surface area contributed by atoms with E-state index in [0.29, 0.717) is 11.3 Å². The molecule has 108 valence electrons. The Labute approximate surface area is 123 Å². The average molecular weight is 283 g/mol. The molecule has 0 spiro atoms. The summed E-state index contributed by atoms with van der Waals surface area (Å²) in [6, 6.07) is 8.16. The monoisotopic (exact) mass is 282 g/mol. The normalized spacial score (nSPS) is 15.4. The predicted molar refractivity (Wildman–Crippen MR) is 84.0 cm³/mol. The van der Waals surface area contributed by atoms with Crippen LogP contribution in [0.2, 0.25) is 0 Å². The topological polar surface area (TPSA) is 9.23 Å². The highest BCUT2D eigenvalue weighted by molar-refractivity contribution is 6.20. The molecule has 0 amide bonds. The van der Waals surface area contributed by atoms with E-state index in [9.17, 15) is 0 Å². The van der Waals surface area contributed by atoms with Crippen molar-refractivity contribution in [1.29, 1.82) is 0 Å². The summed E-state index contributed by atoms with van der Waals surface area (Å²) >= 11 is 6.52. The third-order valence-corrected chi connectivity index (χ3v) is 4.08. The second-order valence-electron chi connectivity index (χ2n) is 6.71. The lowest BCUT2D eigenvalue weighted by atomic mass is 9.79. The van der Waals surface area contributed by atoms with E-state index < -0.39 is 0 Å². The van der Waals surface area contributed by atoms with E-state index in [1.165, 1.54) is 5.56 Å². The molecule has 2 atom stereocenters. The Morgan fingerprint density at radius 3 is 2.00 bits per heavy atom. The molecule has 0 N–H and O–H groups in total. The zero-order valence-electron chi connectivity index (χ0n) is 13.0. The third kappa shape index (κ3) is 5.44. The van der Waals surface area contributed by atoms with Crippen molar-refractivity contribution in [1.82, 2.24) is 0 Å². The van der Waals surface area contributed by atoms with Crippen LogP contribution in [-0.4, -0.2) is 6.10 Å². The van der Waals surface area contributed by atoms with Gasteiger partial charge in [0.15, 0.2) is 0 Å². The zero-order chi connectivity index (χ0) is 14.6. The van der Waals surface area contributed by atoms with Crippen molar-refractivity contribution in [3.8, 4) is 5.75 Å². The molecule has 2 heteroatoms. The first kappa shape index (κ1) is 16.4. The summed E-state index contributed by atoms with van der Waals surface area (Å²) in [6.45, 7) is 13.1. The van der Waals surface area contributed by atoms with Gasteiger partial charge in [-0.2, -0.15) is 0 Å². The third-order valence-electron chi connectivity index (χ3n) is 3.65. The van der Waals surface area contributed by atoms with Crippen LogP contribution >= 0.6 is 11.6 Å². The van der Waals surface area contributed by atoms with Gasteiger partial charge in [0.25, 0.3) is 0 Å². The Bertz CT molecular complexity index is 375. The molecule has 1 rings (SSSR count). The molecule has 0 aromatic heterocycles. The molecule has 1 aromatic carbocycles. The molecule has 0 aliphatic heterocycles. The van der Waals surface area contributed by atoms with Gasteiger partial charge in [0.1, 0.15) is 5.75 Å². The molecular formula is C17H27ClO. The summed E-state index contributed by atoms with van der Waals surface area (Å²) in [4.78, 5) is 0. The predicted octanol–water partition coefficient (Wildman–Crippen LogP) is 5.83. The van der Waals surface area contributed by atoms with Crippen molar-refractivity contribution in [2.45, 2.75) is 59.4 Å². The van der Waals surface area contributed by atoms with Crippen molar-refractivity contribution in [2.75, 3.05) is 0 Å². The number of halogens is 1. The summed E-state index contributed by atoms with van der Waals surface area (Å²) in [5.74, 6) is 1.49. The van der Waals surface area contributed by atoms with Crippen molar-refractivity contribution in [3.05, 3.63) is 29.8 Å². The van der Waals surface area contributed by atoms with Crippen LogP contribution in [0.5, 0.6) is 5.75 Å². The lowest BCUT2D eigenvalue weighted by Gasteiger charge is -2.29. The first-order valence-electron chi connectivity index (χ1n) is 7.11. The Morgan fingerprint density at radius 2 is 1.58 bits per heavy atom. The van der Waals surface area contributed by atoms with Gasteiger partial charge in [0, 0.05) is 0 Å². The minimum atomic E-state index is 0.0716. The number of alkyl halides is 1. The second-order valence-corrected chi connectivity index (χ2v) is 7.23. The van der Waals surface area contributed by atoms with E-state index in [4.69, 9.17) is 16.3 Å². The number of rotatable bonds is 5. The summed E-state index contributed by atoms with van der Waals surface area (Å²) < 4.78 is 5.64. The SMILES string of the molecule is CC(C)Oc1ccc(C(Cl)CC(C)C(C)(C)C)cc1. The minimum Gasteiger partial charge on any atom is -0.491 e. The summed E-state index contributed by atoms with van der Waals surface area (Å²) in [6.07, 6.45) is 1.20. The van der Waals surface area contributed by atoms with Crippen LogP contribution in [0.3, 0.4) is 0 Å². The second kappa shape index (κ2) is 6.65. The lowest BCUT2D eigenvalue weighted by molar-refractivity contribution is 0.241. The molecule has 2 unspecified atom stereocenters. The molecule has 0 fully saturated rings. The molecule has 0 bridgehead atoms. The fourth-order valence-electron chi connectivity index (χ4n) is 1.83. The molecule has 0 saturated carbocycles. The molecule has 0 radical (unpaired) electrons. The number of benzene rings is 1. The highest BCUT2D eigenvalue weighted by atomic mass is 35.5. The van der Waals surface area contributed by atoms with Gasteiger partial charge in [-0.05, 0) is 49.3 Å². The standard InChI is InChI=1S/C17H27ClO/c1-12(2)19-15-9-7-14(8-10-15)16(18)11-13(3)17(4,5)6/h7-10,12-13,16H,11H2,1-6H3. The van der Waals surface area contributed by atoms with Crippen LogP contribution in [-0.2, 0) is 0 Å². The van der Waals surface area contributed by atoms with Gasteiger partial charge < -0.3 is 4.74 Å². The van der Waals surface area contributed by atoms with E-state index in [0.717, 1.165) is 12.2 Å². The molecule has 0 saturated heterocycles. The highest BCUT2D eigenvalue weighted by Crippen LogP contribution is 2.36. The van der Waals surface area contributed by atoms with Crippen LogP contribution in [0.4, 0.5) is 0 Å². The van der Waals surface area contributed by atoms with Gasteiger partial charge in [-0.25, -0.2) is 0 Å². The average Bonchev–Trinajstić information content (AvgIpc) is 2.27. The van der Waals surface area contributed by atoms with Crippen LogP contribution in [0.25, 0.3) is 0 Å². The van der Waals surface area contributed by atoms with E-state index in [-0.39, 0.29) is 11.5 Å². The van der Waals surface area contributed by atoms with Gasteiger partial charge in [-0.15, -0.1) is 11.6 Å². The smallest absolute Gasteiger partial charge is 0.119 e. The van der Waals surface area contributed by atoms with E-state index >= 15 is 0 Å². The lowest BCUT2D eigenvalue weighted by Crippen LogP contribution is -2.18. The quantitative estimate of drug-likeness (QED) is 0.618. The number of hydrogen-bond donors (Lipinski definition) is 0. The van der Waals surface area contributed by atoms with E-state index in [1.807, 2.05) is 26.0 Å². The summed E-state index contributed by atoms with van der Waals surface area (Å²) in [5, 5.41) is 0.0716. The fraction of sp³-hybridized carbons (Fsp3) is 0.647. The number of ether oxygens (including phenoxy) is 1. The van der Waals surface area contributed by atoms with Crippen molar-refractivity contribution in [2.24, 2.45) is 11.3 Å². The fourth-order valence-corrected chi connectivity index (χ4v) is 2.24. The maximum absolute atomic E-state index is 6.52. The molecule has 0 aliphatic carbocycles. The number of hydrogen-bond acceptors (Lipinski definition) is 1. The summed E-state index contributed by atoms with van der Waals surface area (Å²) in [5.41, 5.74) is 1.47. The zero-order valence-corrected chi connectivity index (χ0v) is 13.8. The van der Waals surface area contributed by atoms with Crippen LogP contribution in [0.15, 0.2) is 24.3 Å². The van der Waals surface area contributed by atoms with Gasteiger partial charge in [0.2, 0.25) is 0 Å². The molecule has 19 heavy (non-hydrogen) atoms. The van der Waals surface area contributed by atoms with Gasteiger partial charge in [-0.1, -0.05) is 39.8 Å². The Kier molecular flexibility index (Phi) is 5.73. The molecule has 1 nitrogen and oxygen atoms in total. The summed E-state index contributed by atoms with van der Waals surface area (Å²) in [7, 11) is 0. The Balaban J connectivity index is 2.65. The Morgan fingerprint density at radius 1 is 1.05 bits per heavy atom. The molecular weight excluding hydrogens is 256 g/mol. The van der Waals surface area contributed by atoms with Crippen LogP contribution in [0.1, 0.15) is 58.9 Å². The van der Waals surface area contributed by atoms with Gasteiger partial charge >= 0.3 is 0 Å². The highest BCUT2D eigenvalue weighted by Gasteiger charge is 2.23. The van der Waals surface area contributed by atoms with Crippen LogP contribution < -0.4 is 4.74 Å². The van der Waals surface area contributed by atoms with Gasteiger partial charge in [-0.3, -0.25) is 0 Å². The maximum atomic E-state index is 6.52. The van der Waals surface area contributed by atoms with E-state index in [2.05, 4.69) is 39.8 Å². The molecule has 0 aliphatic rings. The molecule has 0 heterocycles. The van der Waals surface area contributed by atoms with Gasteiger partial charge in [0.05, 0.1) is 11.5 Å².